The average molecular weight is 282 g/mol. The zero-order valence-corrected chi connectivity index (χ0v) is 12.3. The van der Waals surface area contributed by atoms with Crippen LogP contribution in [0.4, 0.5) is 0 Å². The molecule has 0 aliphatic carbocycles. The van der Waals surface area contributed by atoms with Gasteiger partial charge in [-0.15, -0.1) is 0 Å². The van der Waals surface area contributed by atoms with Crippen LogP contribution in [0.5, 0.6) is 0 Å². The fourth-order valence-electron chi connectivity index (χ4n) is 3.33. The van der Waals surface area contributed by atoms with Gasteiger partial charge in [0.15, 0.2) is 0 Å². The molecular formula is C18H22N2O. The summed E-state index contributed by atoms with van der Waals surface area (Å²) in [6, 6.07) is 14.4. The molecule has 2 N–H and O–H groups in total. The fourth-order valence-corrected chi connectivity index (χ4v) is 3.33. The van der Waals surface area contributed by atoms with E-state index in [0.29, 0.717) is 12.6 Å². The Bertz CT molecular complexity index is 631. The van der Waals surface area contributed by atoms with Crippen molar-refractivity contribution in [2.24, 2.45) is 5.73 Å². The molecular weight excluding hydrogens is 260 g/mol. The van der Waals surface area contributed by atoms with Gasteiger partial charge in [0.2, 0.25) is 0 Å². The van der Waals surface area contributed by atoms with Crippen LogP contribution >= 0.6 is 0 Å². The molecule has 0 aromatic heterocycles. The van der Waals surface area contributed by atoms with E-state index in [1.54, 1.807) is 0 Å². The van der Waals surface area contributed by atoms with Crippen molar-refractivity contribution in [1.29, 1.82) is 0 Å². The van der Waals surface area contributed by atoms with Crippen molar-refractivity contribution in [2.45, 2.75) is 31.7 Å². The van der Waals surface area contributed by atoms with Gasteiger partial charge in [-0.05, 0) is 49.1 Å². The molecule has 21 heavy (non-hydrogen) atoms. The van der Waals surface area contributed by atoms with Gasteiger partial charge in [-0.1, -0.05) is 36.4 Å². The van der Waals surface area contributed by atoms with Crippen LogP contribution in [0.2, 0.25) is 0 Å². The van der Waals surface area contributed by atoms with E-state index in [0.717, 1.165) is 42.1 Å². The first-order chi connectivity index (χ1) is 10.3. The number of rotatable bonds is 3. The van der Waals surface area contributed by atoms with Crippen LogP contribution in [-0.2, 0) is 0 Å². The first kappa shape index (κ1) is 14.1. The Morgan fingerprint density at radius 2 is 1.95 bits per heavy atom. The van der Waals surface area contributed by atoms with E-state index in [1.165, 1.54) is 6.42 Å². The molecule has 1 saturated heterocycles. The second-order valence-corrected chi connectivity index (χ2v) is 5.75. The Morgan fingerprint density at radius 3 is 2.81 bits per heavy atom. The SMILES string of the molecule is NCCC1CCCCN1C(=O)c1cccc2ccccc12. The van der Waals surface area contributed by atoms with E-state index in [2.05, 4.69) is 12.1 Å². The first-order valence-electron chi connectivity index (χ1n) is 7.80. The number of fused-ring (bicyclic) bond motifs is 1. The second kappa shape index (κ2) is 6.27. The largest absolute Gasteiger partial charge is 0.336 e. The van der Waals surface area contributed by atoms with E-state index >= 15 is 0 Å². The lowest BCUT2D eigenvalue weighted by molar-refractivity contribution is 0.0607. The minimum atomic E-state index is 0.157. The van der Waals surface area contributed by atoms with Crippen molar-refractivity contribution in [3.8, 4) is 0 Å². The number of benzene rings is 2. The number of nitrogens with zero attached hydrogens (tertiary/aromatic N) is 1. The Hall–Kier alpha value is -1.87. The highest BCUT2D eigenvalue weighted by atomic mass is 16.2. The summed E-state index contributed by atoms with van der Waals surface area (Å²) in [7, 11) is 0. The third-order valence-corrected chi connectivity index (χ3v) is 4.41. The Morgan fingerprint density at radius 1 is 1.14 bits per heavy atom. The minimum Gasteiger partial charge on any atom is -0.336 e. The van der Waals surface area contributed by atoms with Crippen LogP contribution < -0.4 is 5.73 Å². The van der Waals surface area contributed by atoms with Crippen molar-refractivity contribution >= 4 is 16.7 Å². The molecule has 0 bridgehead atoms. The molecule has 3 heteroatoms. The van der Waals surface area contributed by atoms with Crippen LogP contribution in [0, 0.1) is 0 Å². The summed E-state index contributed by atoms with van der Waals surface area (Å²) >= 11 is 0. The van der Waals surface area contributed by atoms with E-state index < -0.39 is 0 Å². The lowest BCUT2D eigenvalue weighted by Gasteiger charge is -2.36. The van der Waals surface area contributed by atoms with Crippen molar-refractivity contribution < 1.29 is 4.79 Å². The smallest absolute Gasteiger partial charge is 0.254 e. The molecule has 1 aliphatic heterocycles. The maximum absolute atomic E-state index is 13.0. The van der Waals surface area contributed by atoms with E-state index in [1.807, 2.05) is 35.2 Å². The maximum Gasteiger partial charge on any atom is 0.254 e. The summed E-state index contributed by atoms with van der Waals surface area (Å²) in [4.78, 5) is 15.0. The van der Waals surface area contributed by atoms with E-state index in [9.17, 15) is 4.79 Å². The summed E-state index contributed by atoms with van der Waals surface area (Å²) in [5, 5.41) is 2.16. The molecule has 1 heterocycles. The Kier molecular flexibility index (Phi) is 4.20. The monoisotopic (exact) mass is 282 g/mol. The van der Waals surface area contributed by atoms with Gasteiger partial charge in [0, 0.05) is 18.2 Å². The standard InChI is InChI=1S/C18H22N2O/c19-12-11-15-8-3-4-13-20(15)18(21)17-10-5-7-14-6-1-2-9-16(14)17/h1-2,5-7,9-10,15H,3-4,8,11-13,19H2. The highest BCUT2D eigenvalue weighted by molar-refractivity contribution is 6.07. The summed E-state index contributed by atoms with van der Waals surface area (Å²) < 4.78 is 0. The normalized spacial score (nSPS) is 18.9. The van der Waals surface area contributed by atoms with Crippen molar-refractivity contribution in [3.05, 3.63) is 48.0 Å². The molecule has 1 atom stereocenters. The third kappa shape index (κ3) is 2.79. The summed E-state index contributed by atoms with van der Waals surface area (Å²) in [5.74, 6) is 0.157. The van der Waals surface area contributed by atoms with Crippen LogP contribution in [0.25, 0.3) is 10.8 Å². The van der Waals surface area contributed by atoms with Gasteiger partial charge in [0.25, 0.3) is 5.91 Å². The highest BCUT2D eigenvalue weighted by Gasteiger charge is 2.27. The Balaban J connectivity index is 1.95. The molecule has 1 unspecified atom stereocenters. The fraction of sp³-hybridized carbons (Fsp3) is 0.389. The maximum atomic E-state index is 13.0. The quantitative estimate of drug-likeness (QED) is 0.939. The van der Waals surface area contributed by atoms with Gasteiger partial charge in [-0.25, -0.2) is 0 Å². The topological polar surface area (TPSA) is 46.3 Å². The number of hydrogen-bond acceptors (Lipinski definition) is 2. The van der Waals surface area contributed by atoms with Gasteiger partial charge in [0.1, 0.15) is 0 Å². The van der Waals surface area contributed by atoms with E-state index in [4.69, 9.17) is 5.73 Å². The number of amides is 1. The number of nitrogens with two attached hydrogens (primary N) is 1. The van der Waals surface area contributed by atoms with Crippen LogP contribution in [0.3, 0.4) is 0 Å². The molecule has 0 spiro atoms. The lowest BCUT2D eigenvalue weighted by Crippen LogP contribution is -2.44. The molecule has 1 fully saturated rings. The van der Waals surface area contributed by atoms with Gasteiger partial charge in [-0.3, -0.25) is 4.79 Å². The van der Waals surface area contributed by atoms with Gasteiger partial charge < -0.3 is 10.6 Å². The summed E-state index contributed by atoms with van der Waals surface area (Å²) in [5.41, 5.74) is 6.53. The summed E-state index contributed by atoms with van der Waals surface area (Å²) in [6.45, 7) is 1.50. The van der Waals surface area contributed by atoms with Crippen LogP contribution in [0.1, 0.15) is 36.0 Å². The molecule has 3 nitrogen and oxygen atoms in total. The molecule has 3 rings (SSSR count). The lowest BCUT2D eigenvalue weighted by atomic mass is 9.96. The zero-order valence-electron chi connectivity index (χ0n) is 12.3. The zero-order chi connectivity index (χ0) is 14.7. The van der Waals surface area contributed by atoms with Gasteiger partial charge in [0.05, 0.1) is 0 Å². The van der Waals surface area contributed by atoms with Crippen molar-refractivity contribution in [3.63, 3.8) is 0 Å². The predicted molar refractivity (Wildman–Crippen MR) is 86.3 cm³/mol. The second-order valence-electron chi connectivity index (χ2n) is 5.75. The number of piperidine rings is 1. The highest BCUT2D eigenvalue weighted by Crippen LogP contribution is 2.25. The molecule has 0 radical (unpaired) electrons. The average Bonchev–Trinajstić information content (AvgIpc) is 2.54. The molecule has 2 aromatic carbocycles. The first-order valence-corrected chi connectivity index (χ1v) is 7.80. The third-order valence-electron chi connectivity index (χ3n) is 4.41. The molecule has 1 aliphatic rings. The molecule has 2 aromatic rings. The van der Waals surface area contributed by atoms with Gasteiger partial charge in [-0.2, -0.15) is 0 Å². The molecule has 1 amide bonds. The summed E-state index contributed by atoms with van der Waals surface area (Å²) in [6.07, 6.45) is 4.27. The van der Waals surface area contributed by atoms with Crippen LogP contribution in [0.15, 0.2) is 42.5 Å². The molecule has 110 valence electrons. The van der Waals surface area contributed by atoms with Crippen molar-refractivity contribution in [1.82, 2.24) is 4.90 Å². The molecule has 0 saturated carbocycles. The number of hydrogen-bond donors (Lipinski definition) is 1. The number of carbonyl (C=O) groups excluding carboxylic acids is 1. The Labute approximate surface area is 125 Å². The predicted octanol–water partition coefficient (Wildman–Crippen LogP) is 3.18. The van der Waals surface area contributed by atoms with Crippen LogP contribution in [-0.4, -0.2) is 29.9 Å². The van der Waals surface area contributed by atoms with Crippen molar-refractivity contribution in [2.75, 3.05) is 13.1 Å². The van der Waals surface area contributed by atoms with E-state index in [-0.39, 0.29) is 5.91 Å². The minimum absolute atomic E-state index is 0.157. The van der Waals surface area contributed by atoms with Gasteiger partial charge >= 0.3 is 0 Å². The number of carbonyl (C=O) groups is 1. The number of likely N-dealkylation sites (tertiary alicyclic amines) is 1.